The second kappa shape index (κ2) is 7.00. The van der Waals surface area contributed by atoms with Gasteiger partial charge in [-0.25, -0.2) is 15.4 Å². The monoisotopic (exact) mass is 366 g/mol. The van der Waals surface area contributed by atoms with Gasteiger partial charge in [-0.05, 0) is 24.3 Å². The van der Waals surface area contributed by atoms with Gasteiger partial charge in [0.25, 0.3) is 5.91 Å². The van der Waals surface area contributed by atoms with E-state index in [1.54, 1.807) is 6.20 Å². The summed E-state index contributed by atoms with van der Waals surface area (Å²) in [5, 5.41) is 2.90. The molecule has 1 aromatic heterocycles. The largest absolute Gasteiger partial charge is 0.573 e. The van der Waals surface area contributed by atoms with Crippen LogP contribution >= 0.6 is 0 Å². The number of nitrogens with one attached hydrogen (secondary N) is 2. The Morgan fingerprint density at radius 1 is 1.27 bits per heavy atom. The van der Waals surface area contributed by atoms with Crippen molar-refractivity contribution in [2.75, 3.05) is 12.4 Å². The maximum atomic E-state index is 12.2. The van der Waals surface area contributed by atoms with Crippen LogP contribution in [0.2, 0.25) is 0 Å². The number of halogens is 3. The fourth-order valence-electron chi connectivity index (χ4n) is 2.32. The van der Waals surface area contributed by atoms with Gasteiger partial charge in [0, 0.05) is 35.5 Å². The summed E-state index contributed by atoms with van der Waals surface area (Å²) < 4.78 is 40.4. The van der Waals surface area contributed by atoms with E-state index in [1.165, 1.54) is 37.6 Å². The number of fused-ring (bicyclic) bond motifs is 1. The van der Waals surface area contributed by atoms with E-state index in [4.69, 9.17) is 0 Å². The maximum absolute atomic E-state index is 12.2. The molecule has 2 heterocycles. The molecule has 0 unspecified atom stereocenters. The molecule has 3 rings (SSSR count). The normalized spacial score (nSPS) is 13.3. The predicted molar refractivity (Wildman–Crippen MR) is 84.7 cm³/mol. The van der Waals surface area contributed by atoms with Crippen molar-refractivity contribution in [3.05, 3.63) is 47.8 Å². The molecule has 0 aliphatic carbocycles. The predicted octanol–water partition coefficient (Wildman–Crippen LogP) is 2.57. The lowest BCUT2D eigenvalue weighted by molar-refractivity contribution is -0.274. The quantitative estimate of drug-likeness (QED) is 0.809. The second-order valence-corrected chi connectivity index (χ2v) is 5.27. The molecule has 0 saturated heterocycles. The van der Waals surface area contributed by atoms with Crippen LogP contribution in [0.3, 0.4) is 0 Å². The van der Waals surface area contributed by atoms with Crippen LogP contribution in [0.4, 0.5) is 19.0 Å². The summed E-state index contributed by atoms with van der Waals surface area (Å²) in [6.07, 6.45) is -1.37. The number of anilines is 1. The van der Waals surface area contributed by atoms with Gasteiger partial charge in [-0.1, -0.05) is 0 Å². The van der Waals surface area contributed by atoms with Crippen LogP contribution in [0.15, 0.2) is 42.2 Å². The van der Waals surface area contributed by atoms with E-state index < -0.39 is 6.36 Å². The Morgan fingerprint density at radius 3 is 2.65 bits per heavy atom. The van der Waals surface area contributed by atoms with Gasteiger partial charge < -0.3 is 10.1 Å². The van der Waals surface area contributed by atoms with Gasteiger partial charge in [-0.15, -0.1) is 13.2 Å². The Kier molecular flexibility index (Phi) is 4.76. The molecular weight excluding hydrogens is 353 g/mol. The molecule has 0 bridgehead atoms. The zero-order valence-corrected chi connectivity index (χ0v) is 13.4. The van der Waals surface area contributed by atoms with Crippen LogP contribution in [0.5, 0.6) is 5.75 Å². The van der Waals surface area contributed by atoms with Crippen molar-refractivity contribution in [1.29, 1.82) is 0 Å². The van der Waals surface area contributed by atoms with Crippen LogP contribution in [0.25, 0.3) is 11.4 Å². The van der Waals surface area contributed by atoms with E-state index in [1.807, 2.05) is 0 Å². The summed E-state index contributed by atoms with van der Waals surface area (Å²) in [6.45, 7) is 0. The van der Waals surface area contributed by atoms with Crippen molar-refractivity contribution in [2.24, 2.45) is 0 Å². The first-order valence-corrected chi connectivity index (χ1v) is 7.37. The van der Waals surface area contributed by atoms with Crippen molar-refractivity contribution in [2.45, 2.75) is 12.8 Å². The molecule has 0 saturated carbocycles. The molecule has 7 nitrogen and oxygen atoms in total. The van der Waals surface area contributed by atoms with Gasteiger partial charge >= 0.3 is 6.36 Å². The molecule has 1 amide bonds. The molecule has 1 aliphatic heterocycles. The van der Waals surface area contributed by atoms with Crippen LogP contribution in [-0.2, 0) is 16.1 Å². The van der Waals surface area contributed by atoms with Crippen molar-refractivity contribution in [1.82, 2.24) is 15.4 Å². The Labute approximate surface area is 145 Å². The molecule has 0 fully saturated rings. The number of aromatic nitrogens is 2. The molecule has 2 aromatic rings. The molecule has 1 aromatic carbocycles. The molecule has 0 radical (unpaired) electrons. The number of nitrogens with zero attached hydrogens (tertiary/aromatic N) is 2. The van der Waals surface area contributed by atoms with Gasteiger partial charge in [-0.3, -0.25) is 9.63 Å². The van der Waals surface area contributed by atoms with E-state index in [2.05, 4.69) is 30.3 Å². The van der Waals surface area contributed by atoms with E-state index in [0.29, 0.717) is 34.8 Å². The third kappa shape index (κ3) is 4.09. The molecule has 10 heteroatoms. The summed E-state index contributed by atoms with van der Waals surface area (Å²) in [5.74, 6) is 0.136. The number of ether oxygens (including phenoxy) is 1. The Balaban J connectivity index is 1.77. The first kappa shape index (κ1) is 17.7. The second-order valence-electron chi connectivity index (χ2n) is 5.27. The van der Waals surface area contributed by atoms with E-state index in [0.717, 1.165) is 0 Å². The van der Waals surface area contributed by atoms with E-state index in [-0.39, 0.29) is 11.7 Å². The fraction of sp³-hybridized carbons (Fsp3) is 0.188. The SMILES string of the molecule is CONC(=O)C1=CNc2nc(-c3ccc(OC(F)(F)F)cc3)ncc2C1. The zero-order valence-electron chi connectivity index (χ0n) is 13.4. The zero-order chi connectivity index (χ0) is 18.7. The summed E-state index contributed by atoms with van der Waals surface area (Å²) in [7, 11) is 1.34. The third-order valence-corrected chi connectivity index (χ3v) is 3.46. The molecule has 2 N–H and O–H groups in total. The number of alkyl halides is 3. The number of carbonyl (C=O) groups is 1. The summed E-state index contributed by atoms with van der Waals surface area (Å²) in [6, 6.07) is 5.23. The van der Waals surface area contributed by atoms with Crippen molar-refractivity contribution >= 4 is 11.7 Å². The number of carbonyl (C=O) groups excluding carboxylic acids is 1. The van der Waals surface area contributed by atoms with Gasteiger partial charge in [0.15, 0.2) is 5.82 Å². The lowest BCUT2D eigenvalue weighted by Gasteiger charge is -2.17. The highest BCUT2D eigenvalue weighted by molar-refractivity contribution is 5.94. The van der Waals surface area contributed by atoms with Crippen molar-refractivity contribution in [3.8, 4) is 17.1 Å². The smallest absolute Gasteiger partial charge is 0.406 e. The number of benzene rings is 1. The summed E-state index contributed by atoms with van der Waals surface area (Å²) in [4.78, 5) is 24.9. The topological polar surface area (TPSA) is 85.4 Å². The van der Waals surface area contributed by atoms with Gasteiger partial charge in [0.05, 0.1) is 7.11 Å². The van der Waals surface area contributed by atoms with E-state index >= 15 is 0 Å². The lowest BCUT2D eigenvalue weighted by Crippen LogP contribution is -2.27. The highest BCUT2D eigenvalue weighted by Gasteiger charge is 2.31. The summed E-state index contributed by atoms with van der Waals surface area (Å²) >= 11 is 0. The molecule has 0 atom stereocenters. The van der Waals surface area contributed by atoms with Gasteiger partial charge in [0.2, 0.25) is 0 Å². The number of hydrogen-bond acceptors (Lipinski definition) is 6. The molecule has 0 spiro atoms. The number of rotatable bonds is 4. The average molecular weight is 366 g/mol. The molecule has 1 aliphatic rings. The fourth-order valence-corrected chi connectivity index (χ4v) is 2.32. The standard InChI is InChI=1S/C16H13F3N4O3/c1-25-23-15(24)11-6-10-7-20-13(22-14(10)21-8-11)9-2-4-12(5-3-9)26-16(17,18)19/h2-5,7-8H,6H2,1H3,(H,23,24)(H,20,21,22). The Bertz CT molecular complexity index is 851. The Hall–Kier alpha value is -3.14. The highest BCUT2D eigenvalue weighted by Crippen LogP contribution is 2.27. The number of hydrogen-bond donors (Lipinski definition) is 2. The maximum Gasteiger partial charge on any atom is 0.573 e. The van der Waals surface area contributed by atoms with Gasteiger partial charge in [-0.2, -0.15) is 0 Å². The number of hydroxylamine groups is 1. The van der Waals surface area contributed by atoms with Crippen LogP contribution < -0.4 is 15.5 Å². The van der Waals surface area contributed by atoms with Crippen LogP contribution in [0.1, 0.15) is 5.56 Å². The molecule has 136 valence electrons. The van der Waals surface area contributed by atoms with E-state index in [9.17, 15) is 18.0 Å². The number of amides is 1. The highest BCUT2D eigenvalue weighted by atomic mass is 19.4. The van der Waals surface area contributed by atoms with Crippen molar-refractivity contribution in [3.63, 3.8) is 0 Å². The molecule has 26 heavy (non-hydrogen) atoms. The first-order chi connectivity index (χ1) is 12.4. The average Bonchev–Trinajstić information content (AvgIpc) is 2.60. The third-order valence-electron chi connectivity index (χ3n) is 3.46. The minimum atomic E-state index is -4.74. The van der Waals surface area contributed by atoms with Crippen LogP contribution in [-0.4, -0.2) is 29.3 Å². The van der Waals surface area contributed by atoms with Crippen molar-refractivity contribution < 1.29 is 27.5 Å². The van der Waals surface area contributed by atoms with Gasteiger partial charge in [0.1, 0.15) is 11.6 Å². The van der Waals surface area contributed by atoms with Crippen LogP contribution in [0, 0.1) is 0 Å². The lowest BCUT2D eigenvalue weighted by atomic mass is 10.0. The Morgan fingerprint density at radius 2 is 2.00 bits per heavy atom. The minimum absolute atomic E-state index is 0.316. The summed E-state index contributed by atoms with van der Waals surface area (Å²) in [5.41, 5.74) is 3.90. The first-order valence-electron chi connectivity index (χ1n) is 7.37. The molecular formula is C16H13F3N4O3. The minimum Gasteiger partial charge on any atom is -0.406 e.